The van der Waals surface area contributed by atoms with E-state index in [0.29, 0.717) is 41.8 Å². The van der Waals surface area contributed by atoms with E-state index in [9.17, 15) is 13.2 Å². The first-order valence-corrected chi connectivity index (χ1v) is 12.0. The average molecular weight is 439 g/mol. The molecule has 2 aromatic carbocycles. The molecule has 2 aromatic rings. The number of carbonyl (C=O) groups excluding carboxylic acids is 1. The molecule has 1 amide bonds. The first kappa shape index (κ1) is 21.2. The number of piperazine rings is 1. The lowest BCUT2D eigenvalue weighted by molar-refractivity contribution is -0.129. The number of hydrogen-bond donors (Lipinski definition) is 0. The second kappa shape index (κ2) is 9.31. The fourth-order valence-electron chi connectivity index (χ4n) is 2.97. The molecular formula is C20H23ClN2O3S2. The van der Waals surface area contributed by atoms with Gasteiger partial charge in [-0.1, -0.05) is 41.4 Å². The average Bonchev–Trinajstić information content (AvgIpc) is 2.70. The van der Waals surface area contributed by atoms with Crippen LogP contribution in [0.1, 0.15) is 11.1 Å². The van der Waals surface area contributed by atoms with Crippen molar-refractivity contribution in [2.75, 3.05) is 31.9 Å². The molecule has 1 fully saturated rings. The minimum absolute atomic E-state index is 0.0475. The summed E-state index contributed by atoms with van der Waals surface area (Å²) in [7, 11) is -3.51. The number of hydrogen-bond acceptors (Lipinski definition) is 4. The van der Waals surface area contributed by atoms with Crippen LogP contribution in [0.4, 0.5) is 0 Å². The lowest BCUT2D eigenvalue weighted by atomic mass is 10.2. The summed E-state index contributed by atoms with van der Waals surface area (Å²) >= 11 is 7.43. The number of thioether (sulfide) groups is 1. The predicted octanol–water partition coefficient (Wildman–Crippen LogP) is 3.41. The van der Waals surface area contributed by atoms with Crippen LogP contribution in [0.2, 0.25) is 5.02 Å². The molecule has 0 bridgehead atoms. The number of amides is 1. The number of benzene rings is 2. The molecule has 1 aliphatic heterocycles. The largest absolute Gasteiger partial charge is 0.339 e. The zero-order valence-corrected chi connectivity index (χ0v) is 18.1. The molecule has 0 radical (unpaired) electrons. The van der Waals surface area contributed by atoms with E-state index in [2.05, 4.69) is 0 Å². The maximum atomic E-state index is 12.7. The van der Waals surface area contributed by atoms with Gasteiger partial charge in [-0.3, -0.25) is 4.79 Å². The Labute approximate surface area is 175 Å². The minimum Gasteiger partial charge on any atom is -0.339 e. The normalized spacial score (nSPS) is 15.6. The summed E-state index contributed by atoms with van der Waals surface area (Å²) in [6.45, 7) is 3.41. The highest BCUT2D eigenvalue weighted by atomic mass is 35.5. The molecule has 1 aliphatic rings. The Morgan fingerprint density at radius 1 is 1.00 bits per heavy atom. The molecule has 5 nitrogen and oxygen atoms in total. The second-order valence-electron chi connectivity index (χ2n) is 6.72. The van der Waals surface area contributed by atoms with E-state index >= 15 is 0 Å². The molecule has 3 rings (SSSR count). The highest BCUT2D eigenvalue weighted by Crippen LogP contribution is 2.19. The van der Waals surface area contributed by atoms with Crippen molar-refractivity contribution in [3.05, 3.63) is 64.7 Å². The van der Waals surface area contributed by atoms with E-state index in [0.717, 1.165) is 16.9 Å². The van der Waals surface area contributed by atoms with Gasteiger partial charge in [0.05, 0.1) is 10.6 Å². The van der Waals surface area contributed by atoms with Crippen LogP contribution in [-0.2, 0) is 20.6 Å². The van der Waals surface area contributed by atoms with Gasteiger partial charge in [-0.15, -0.1) is 11.8 Å². The lowest BCUT2D eigenvalue weighted by Gasteiger charge is -2.34. The zero-order chi connectivity index (χ0) is 20.1. The maximum absolute atomic E-state index is 12.7. The van der Waals surface area contributed by atoms with Crippen molar-refractivity contribution in [2.45, 2.75) is 17.6 Å². The Bertz CT molecular complexity index is 907. The van der Waals surface area contributed by atoms with Crippen molar-refractivity contribution in [3.8, 4) is 0 Å². The summed E-state index contributed by atoms with van der Waals surface area (Å²) in [5, 5.41) is 0.697. The summed E-state index contributed by atoms with van der Waals surface area (Å²) < 4.78 is 26.9. The summed E-state index contributed by atoms with van der Waals surface area (Å²) in [5.41, 5.74) is 2.14. The van der Waals surface area contributed by atoms with Crippen LogP contribution in [0.3, 0.4) is 0 Å². The van der Waals surface area contributed by atoms with Crippen LogP contribution in [0.15, 0.2) is 53.4 Å². The number of carbonyl (C=O) groups is 1. The Morgan fingerprint density at radius 2 is 1.61 bits per heavy atom. The number of aryl methyl sites for hydroxylation is 1. The van der Waals surface area contributed by atoms with Gasteiger partial charge in [0.1, 0.15) is 0 Å². The van der Waals surface area contributed by atoms with Crippen molar-refractivity contribution in [1.82, 2.24) is 9.21 Å². The van der Waals surface area contributed by atoms with Crippen LogP contribution in [0.5, 0.6) is 0 Å². The van der Waals surface area contributed by atoms with Crippen LogP contribution in [0, 0.1) is 6.92 Å². The maximum Gasteiger partial charge on any atom is 0.243 e. The van der Waals surface area contributed by atoms with Crippen molar-refractivity contribution in [2.24, 2.45) is 0 Å². The third-order valence-electron chi connectivity index (χ3n) is 4.66. The highest BCUT2D eigenvalue weighted by molar-refractivity contribution is 7.99. The Balaban J connectivity index is 1.48. The molecule has 1 heterocycles. The molecule has 28 heavy (non-hydrogen) atoms. The molecular weight excluding hydrogens is 416 g/mol. The van der Waals surface area contributed by atoms with E-state index in [-0.39, 0.29) is 5.91 Å². The van der Waals surface area contributed by atoms with Crippen molar-refractivity contribution in [1.29, 1.82) is 0 Å². The minimum atomic E-state index is -3.51. The van der Waals surface area contributed by atoms with Gasteiger partial charge in [0.25, 0.3) is 0 Å². The topological polar surface area (TPSA) is 57.7 Å². The van der Waals surface area contributed by atoms with E-state index < -0.39 is 10.0 Å². The number of sulfonamides is 1. The fraction of sp³-hybridized carbons (Fsp3) is 0.350. The van der Waals surface area contributed by atoms with E-state index in [1.54, 1.807) is 40.9 Å². The van der Waals surface area contributed by atoms with Gasteiger partial charge in [-0.25, -0.2) is 8.42 Å². The van der Waals surface area contributed by atoms with Gasteiger partial charge in [0.2, 0.25) is 15.9 Å². The molecule has 1 saturated heterocycles. The molecule has 0 N–H and O–H groups in total. The standard InChI is InChI=1S/C20H23ClN2O3S2/c1-16-2-8-19(9-3-16)28(25,26)23-12-10-22(11-13-23)20(24)15-27-14-17-4-6-18(21)7-5-17/h2-9H,10-15H2,1H3. The fourth-order valence-corrected chi connectivity index (χ4v) is 5.40. The lowest BCUT2D eigenvalue weighted by Crippen LogP contribution is -2.50. The van der Waals surface area contributed by atoms with Gasteiger partial charge in [-0.2, -0.15) is 4.31 Å². The summed E-state index contributed by atoms with van der Waals surface area (Å²) in [6, 6.07) is 14.4. The van der Waals surface area contributed by atoms with Crippen molar-refractivity contribution in [3.63, 3.8) is 0 Å². The van der Waals surface area contributed by atoms with Crippen LogP contribution >= 0.6 is 23.4 Å². The molecule has 0 saturated carbocycles. The summed E-state index contributed by atoms with van der Waals surface area (Å²) in [4.78, 5) is 14.5. The van der Waals surface area contributed by atoms with Gasteiger partial charge in [0, 0.05) is 37.0 Å². The summed E-state index contributed by atoms with van der Waals surface area (Å²) in [5.74, 6) is 1.17. The van der Waals surface area contributed by atoms with Gasteiger partial charge in [0.15, 0.2) is 0 Å². The Kier molecular flexibility index (Phi) is 7.04. The molecule has 0 aromatic heterocycles. The molecule has 8 heteroatoms. The SMILES string of the molecule is Cc1ccc(S(=O)(=O)N2CCN(C(=O)CSCc3ccc(Cl)cc3)CC2)cc1. The quantitative estimate of drug-likeness (QED) is 0.693. The van der Waals surface area contributed by atoms with Crippen LogP contribution < -0.4 is 0 Å². The Morgan fingerprint density at radius 3 is 2.21 bits per heavy atom. The van der Waals surface area contributed by atoms with E-state index in [4.69, 9.17) is 11.6 Å². The second-order valence-corrected chi connectivity index (χ2v) is 10.1. The molecule has 0 aliphatic carbocycles. The van der Waals surface area contributed by atoms with Crippen molar-refractivity contribution >= 4 is 39.3 Å². The monoisotopic (exact) mass is 438 g/mol. The number of rotatable bonds is 6. The van der Waals surface area contributed by atoms with E-state index in [1.165, 1.54) is 4.31 Å². The number of nitrogens with zero attached hydrogens (tertiary/aromatic N) is 2. The predicted molar refractivity (Wildman–Crippen MR) is 114 cm³/mol. The first-order chi connectivity index (χ1) is 13.4. The van der Waals surface area contributed by atoms with Crippen LogP contribution in [0.25, 0.3) is 0 Å². The van der Waals surface area contributed by atoms with E-state index in [1.807, 2.05) is 31.2 Å². The Hall–Kier alpha value is -1.54. The molecule has 0 spiro atoms. The third kappa shape index (κ3) is 5.29. The molecule has 0 atom stereocenters. The smallest absolute Gasteiger partial charge is 0.243 e. The van der Waals surface area contributed by atoms with Gasteiger partial charge in [-0.05, 0) is 36.8 Å². The zero-order valence-electron chi connectivity index (χ0n) is 15.7. The molecule has 150 valence electrons. The third-order valence-corrected chi connectivity index (χ3v) is 7.81. The van der Waals surface area contributed by atoms with Crippen LogP contribution in [-0.4, -0.2) is 55.5 Å². The van der Waals surface area contributed by atoms with Gasteiger partial charge < -0.3 is 4.90 Å². The van der Waals surface area contributed by atoms with Crippen molar-refractivity contribution < 1.29 is 13.2 Å². The molecule has 0 unspecified atom stereocenters. The number of halogens is 1. The summed E-state index contributed by atoms with van der Waals surface area (Å²) in [6.07, 6.45) is 0. The first-order valence-electron chi connectivity index (χ1n) is 9.03. The highest BCUT2D eigenvalue weighted by Gasteiger charge is 2.29. The van der Waals surface area contributed by atoms with Gasteiger partial charge >= 0.3 is 0 Å².